The Morgan fingerprint density at radius 2 is 1.68 bits per heavy atom. The molecule has 1 fully saturated rings. The Morgan fingerprint density at radius 1 is 1.04 bits per heavy atom. The SMILES string of the molecule is COc1ccc(NC(=O)C2(C(=O)NCc3ccc(Cl)cc3)CC2)cc1. The molecule has 1 aliphatic carbocycles. The Hall–Kier alpha value is -2.53. The predicted molar refractivity (Wildman–Crippen MR) is 96.6 cm³/mol. The molecule has 25 heavy (non-hydrogen) atoms. The van der Waals surface area contributed by atoms with Gasteiger partial charge in [-0.2, -0.15) is 0 Å². The molecule has 0 atom stereocenters. The molecule has 130 valence electrons. The minimum atomic E-state index is -0.966. The minimum Gasteiger partial charge on any atom is -0.497 e. The number of hydrogen-bond acceptors (Lipinski definition) is 3. The van der Waals surface area contributed by atoms with Crippen molar-refractivity contribution in [2.75, 3.05) is 12.4 Å². The average Bonchev–Trinajstić information content (AvgIpc) is 3.44. The largest absolute Gasteiger partial charge is 0.497 e. The van der Waals surface area contributed by atoms with Crippen molar-refractivity contribution in [3.8, 4) is 5.75 Å². The average molecular weight is 359 g/mol. The van der Waals surface area contributed by atoms with Gasteiger partial charge in [-0.3, -0.25) is 9.59 Å². The highest BCUT2D eigenvalue weighted by Crippen LogP contribution is 2.47. The van der Waals surface area contributed by atoms with Gasteiger partial charge in [0, 0.05) is 17.3 Å². The summed E-state index contributed by atoms with van der Waals surface area (Å²) in [6.45, 7) is 0.369. The van der Waals surface area contributed by atoms with Gasteiger partial charge in [0.1, 0.15) is 11.2 Å². The van der Waals surface area contributed by atoms with Gasteiger partial charge in [0.25, 0.3) is 0 Å². The molecule has 2 aromatic carbocycles. The number of amides is 2. The first-order chi connectivity index (χ1) is 12.0. The fourth-order valence-corrected chi connectivity index (χ4v) is 2.69. The maximum absolute atomic E-state index is 12.5. The van der Waals surface area contributed by atoms with Crippen LogP contribution in [0.15, 0.2) is 48.5 Å². The zero-order valence-corrected chi connectivity index (χ0v) is 14.6. The van der Waals surface area contributed by atoms with Gasteiger partial charge < -0.3 is 15.4 Å². The summed E-state index contributed by atoms with van der Waals surface area (Å²) in [6.07, 6.45) is 1.11. The van der Waals surface area contributed by atoms with Crippen LogP contribution in [0.25, 0.3) is 0 Å². The first-order valence-corrected chi connectivity index (χ1v) is 8.39. The van der Waals surface area contributed by atoms with E-state index in [0.29, 0.717) is 35.8 Å². The number of anilines is 1. The molecular formula is C19H19ClN2O3. The third-order valence-electron chi connectivity index (χ3n) is 4.33. The lowest BCUT2D eigenvalue weighted by atomic mass is 10.0. The van der Waals surface area contributed by atoms with Crippen LogP contribution in [0.2, 0.25) is 5.02 Å². The number of nitrogens with one attached hydrogen (secondary N) is 2. The minimum absolute atomic E-state index is 0.242. The van der Waals surface area contributed by atoms with E-state index in [4.69, 9.17) is 16.3 Å². The first-order valence-electron chi connectivity index (χ1n) is 8.02. The molecule has 0 bridgehead atoms. The molecule has 0 saturated heterocycles. The molecule has 2 amide bonds. The summed E-state index contributed by atoms with van der Waals surface area (Å²) in [5, 5.41) is 6.30. The summed E-state index contributed by atoms with van der Waals surface area (Å²) >= 11 is 5.85. The highest BCUT2D eigenvalue weighted by atomic mass is 35.5. The van der Waals surface area contributed by atoms with E-state index in [0.717, 1.165) is 5.56 Å². The highest BCUT2D eigenvalue weighted by Gasteiger charge is 2.56. The van der Waals surface area contributed by atoms with Crippen LogP contribution in [0, 0.1) is 5.41 Å². The second-order valence-corrected chi connectivity index (χ2v) is 6.51. The number of halogens is 1. The van der Waals surface area contributed by atoms with Crippen molar-refractivity contribution < 1.29 is 14.3 Å². The van der Waals surface area contributed by atoms with E-state index in [-0.39, 0.29) is 11.8 Å². The quantitative estimate of drug-likeness (QED) is 0.778. The van der Waals surface area contributed by atoms with Crippen molar-refractivity contribution in [1.82, 2.24) is 5.32 Å². The van der Waals surface area contributed by atoms with E-state index in [1.54, 1.807) is 43.5 Å². The van der Waals surface area contributed by atoms with Crippen molar-refractivity contribution in [2.24, 2.45) is 5.41 Å². The molecule has 0 aliphatic heterocycles. The molecule has 0 heterocycles. The molecule has 0 radical (unpaired) electrons. The summed E-state index contributed by atoms with van der Waals surface area (Å²) in [7, 11) is 1.58. The van der Waals surface area contributed by atoms with Crippen LogP contribution in [-0.4, -0.2) is 18.9 Å². The maximum Gasteiger partial charge on any atom is 0.240 e. The Bertz CT molecular complexity index is 768. The third-order valence-corrected chi connectivity index (χ3v) is 4.59. The van der Waals surface area contributed by atoms with E-state index in [2.05, 4.69) is 10.6 Å². The standard InChI is InChI=1S/C19H19ClN2O3/c1-25-16-8-6-15(7-9-16)22-18(24)19(10-11-19)17(23)21-12-13-2-4-14(20)5-3-13/h2-9H,10-12H2,1H3,(H,21,23)(H,22,24). The fraction of sp³-hybridized carbons (Fsp3) is 0.263. The van der Waals surface area contributed by atoms with Crippen LogP contribution in [0.3, 0.4) is 0 Å². The van der Waals surface area contributed by atoms with E-state index in [1.165, 1.54) is 0 Å². The second kappa shape index (κ2) is 7.15. The number of hydrogen-bond donors (Lipinski definition) is 2. The zero-order chi connectivity index (χ0) is 17.9. The molecule has 0 unspecified atom stereocenters. The van der Waals surface area contributed by atoms with Gasteiger partial charge in [-0.15, -0.1) is 0 Å². The van der Waals surface area contributed by atoms with Crippen molar-refractivity contribution in [3.05, 3.63) is 59.1 Å². The van der Waals surface area contributed by atoms with E-state index in [1.807, 2.05) is 12.1 Å². The molecule has 1 aliphatic rings. The fourth-order valence-electron chi connectivity index (χ4n) is 2.56. The molecule has 2 N–H and O–H groups in total. The summed E-state index contributed by atoms with van der Waals surface area (Å²) in [6, 6.07) is 14.3. The maximum atomic E-state index is 12.5. The molecule has 2 aromatic rings. The van der Waals surface area contributed by atoms with Crippen LogP contribution in [0.5, 0.6) is 5.75 Å². The molecular weight excluding hydrogens is 340 g/mol. The lowest BCUT2D eigenvalue weighted by Gasteiger charge is -2.15. The van der Waals surface area contributed by atoms with Crippen LogP contribution in [0.1, 0.15) is 18.4 Å². The normalized spacial score (nSPS) is 14.5. The number of carbonyl (C=O) groups excluding carboxylic acids is 2. The highest BCUT2D eigenvalue weighted by molar-refractivity contribution is 6.30. The third kappa shape index (κ3) is 3.94. The van der Waals surface area contributed by atoms with E-state index < -0.39 is 5.41 Å². The predicted octanol–water partition coefficient (Wildman–Crippen LogP) is 3.38. The lowest BCUT2D eigenvalue weighted by molar-refractivity contribution is -0.134. The molecule has 0 spiro atoms. The van der Waals surface area contributed by atoms with Crippen molar-refractivity contribution in [1.29, 1.82) is 0 Å². The summed E-state index contributed by atoms with van der Waals surface area (Å²) < 4.78 is 5.09. The van der Waals surface area contributed by atoms with Gasteiger partial charge in [0.05, 0.1) is 7.11 Å². The number of carbonyl (C=O) groups is 2. The Kier molecular flexibility index (Phi) is 4.95. The van der Waals surface area contributed by atoms with Gasteiger partial charge >= 0.3 is 0 Å². The molecule has 1 saturated carbocycles. The van der Waals surface area contributed by atoms with Crippen LogP contribution in [-0.2, 0) is 16.1 Å². The lowest BCUT2D eigenvalue weighted by Crippen LogP contribution is -2.39. The van der Waals surface area contributed by atoms with Gasteiger partial charge in [-0.25, -0.2) is 0 Å². The number of methoxy groups -OCH3 is 1. The molecule has 6 heteroatoms. The van der Waals surface area contributed by atoms with Gasteiger partial charge in [0.2, 0.25) is 11.8 Å². The van der Waals surface area contributed by atoms with Crippen LogP contribution >= 0.6 is 11.6 Å². The van der Waals surface area contributed by atoms with E-state index in [9.17, 15) is 9.59 Å². The number of rotatable bonds is 6. The van der Waals surface area contributed by atoms with Crippen molar-refractivity contribution in [2.45, 2.75) is 19.4 Å². The number of ether oxygens (including phenoxy) is 1. The summed E-state index contributed by atoms with van der Waals surface area (Å²) in [5.74, 6) is 0.194. The van der Waals surface area contributed by atoms with Gasteiger partial charge in [-0.05, 0) is 54.8 Å². The van der Waals surface area contributed by atoms with Crippen LogP contribution < -0.4 is 15.4 Å². The summed E-state index contributed by atoms with van der Waals surface area (Å²) in [5.41, 5.74) is 0.610. The van der Waals surface area contributed by atoms with Gasteiger partial charge in [0.15, 0.2) is 0 Å². The summed E-state index contributed by atoms with van der Waals surface area (Å²) in [4.78, 5) is 25.0. The molecule has 3 rings (SSSR count). The Labute approximate surface area is 151 Å². The second-order valence-electron chi connectivity index (χ2n) is 6.07. The topological polar surface area (TPSA) is 67.4 Å². The van der Waals surface area contributed by atoms with Crippen molar-refractivity contribution >= 4 is 29.1 Å². The Balaban J connectivity index is 1.59. The molecule has 5 nitrogen and oxygen atoms in total. The van der Waals surface area contributed by atoms with Gasteiger partial charge in [-0.1, -0.05) is 23.7 Å². The van der Waals surface area contributed by atoms with Crippen LogP contribution in [0.4, 0.5) is 5.69 Å². The van der Waals surface area contributed by atoms with E-state index >= 15 is 0 Å². The van der Waals surface area contributed by atoms with Crippen molar-refractivity contribution in [3.63, 3.8) is 0 Å². The first kappa shape index (κ1) is 17.3. The monoisotopic (exact) mass is 358 g/mol. The smallest absolute Gasteiger partial charge is 0.240 e. The Morgan fingerprint density at radius 3 is 2.24 bits per heavy atom. The zero-order valence-electron chi connectivity index (χ0n) is 13.8. The number of benzene rings is 2. The molecule has 0 aromatic heterocycles.